The summed E-state index contributed by atoms with van der Waals surface area (Å²) in [5.41, 5.74) is 0.476. The fraction of sp³-hybridized carbons (Fsp3) is 1.00. The van der Waals surface area contributed by atoms with Gasteiger partial charge in [0, 0.05) is 18.1 Å². The van der Waals surface area contributed by atoms with E-state index in [2.05, 4.69) is 31.0 Å². The zero-order valence-electron chi connectivity index (χ0n) is 13.8. The average molecular weight is 278 g/mol. The van der Waals surface area contributed by atoms with Crippen molar-refractivity contribution in [2.45, 2.75) is 90.3 Å². The summed E-state index contributed by atoms with van der Waals surface area (Å²) in [6.07, 6.45) is 11.7. The number of rotatable bonds is 4. The number of likely N-dealkylation sites (N-methyl/N-ethyl adjacent to an activating group) is 1. The van der Waals surface area contributed by atoms with Crippen LogP contribution in [0.1, 0.15) is 72.1 Å². The summed E-state index contributed by atoms with van der Waals surface area (Å²) in [4.78, 5) is 2.94. The van der Waals surface area contributed by atoms with Gasteiger partial charge in [0.1, 0.15) is 0 Å². The van der Waals surface area contributed by atoms with Crippen molar-refractivity contribution in [2.75, 3.05) is 13.1 Å². The maximum Gasteiger partial charge on any atom is 0.0274 e. The van der Waals surface area contributed by atoms with Crippen molar-refractivity contribution < 1.29 is 0 Å². The minimum atomic E-state index is 0.476. The van der Waals surface area contributed by atoms with Gasteiger partial charge in [-0.05, 0) is 62.9 Å². The molecule has 20 heavy (non-hydrogen) atoms. The monoisotopic (exact) mass is 278 g/mol. The molecule has 0 aromatic heterocycles. The predicted octanol–water partition coefficient (Wildman–Crippen LogP) is 3.81. The first-order valence-electron chi connectivity index (χ1n) is 9.12. The third-order valence-electron chi connectivity index (χ3n) is 6.45. The van der Waals surface area contributed by atoms with Crippen molar-refractivity contribution in [1.82, 2.24) is 10.2 Å². The maximum absolute atomic E-state index is 3.83. The Labute approximate surface area is 125 Å². The van der Waals surface area contributed by atoms with E-state index < -0.39 is 0 Å². The van der Waals surface area contributed by atoms with Crippen molar-refractivity contribution in [3.63, 3.8) is 0 Å². The van der Waals surface area contributed by atoms with Crippen LogP contribution in [0.4, 0.5) is 0 Å². The van der Waals surface area contributed by atoms with Gasteiger partial charge >= 0.3 is 0 Å². The Balaban J connectivity index is 1.73. The van der Waals surface area contributed by atoms with Crippen molar-refractivity contribution in [2.24, 2.45) is 11.3 Å². The predicted molar refractivity (Wildman–Crippen MR) is 86.0 cm³/mol. The van der Waals surface area contributed by atoms with E-state index in [1.807, 2.05) is 0 Å². The number of nitrogens with one attached hydrogen (secondary N) is 1. The fourth-order valence-corrected chi connectivity index (χ4v) is 5.43. The highest BCUT2D eigenvalue weighted by Gasteiger charge is 2.47. The summed E-state index contributed by atoms with van der Waals surface area (Å²) < 4.78 is 0. The van der Waals surface area contributed by atoms with Crippen LogP contribution in [0.3, 0.4) is 0 Å². The van der Waals surface area contributed by atoms with Crippen LogP contribution in [0.2, 0.25) is 0 Å². The molecule has 3 aliphatic rings. The van der Waals surface area contributed by atoms with Gasteiger partial charge in [-0.2, -0.15) is 0 Å². The van der Waals surface area contributed by atoms with E-state index in [-0.39, 0.29) is 0 Å². The molecular weight excluding hydrogens is 244 g/mol. The Hall–Kier alpha value is -0.0800. The summed E-state index contributed by atoms with van der Waals surface area (Å²) >= 11 is 0. The van der Waals surface area contributed by atoms with Crippen LogP contribution in [0.25, 0.3) is 0 Å². The van der Waals surface area contributed by atoms with Gasteiger partial charge in [0.15, 0.2) is 0 Å². The number of likely N-dealkylation sites (tertiary alicyclic amines) is 1. The van der Waals surface area contributed by atoms with Crippen LogP contribution >= 0.6 is 0 Å². The molecule has 0 amide bonds. The molecule has 2 saturated carbocycles. The van der Waals surface area contributed by atoms with Crippen molar-refractivity contribution >= 4 is 0 Å². The standard InChI is InChI=1S/C18H34N2/c1-4-19-17-16(11-12-18(17,2)3)20-13-7-10-15(20)14-8-5-6-9-14/h14-17,19H,4-13H2,1-3H3. The molecule has 0 aromatic rings. The average Bonchev–Trinajstić information content (AvgIpc) is 3.10. The molecule has 0 radical (unpaired) electrons. The smallest absolute Gasteiger partial charge is 0.0274 e. The number of hydrogen-bond acceptors (Lipinski definition) is 2. The Morgan fingerprint density at radius 1 is 1.00 bits per heavy atom. The molecule has 3 unspecified atom stereocenters. The van der Waals surface area contributed by atoms with Gasteiger partial charge in [-0.3, -0.25) is 4.90 Å². The quantitative estimate of drug-likeness (QED) is 0.841. The lowest BCUT2D eigenvalue weighted by Crippen LogP contribution is -2.54. The van der Waals surface area contributed by atoms with Crippen molar-refractivity contribution in [1.29, 1.82) is 0 Å². The molecule has 3 atom stereocenters. The minimum Gasteiger partial charge on any atom is -0.312 e. The largest absolute Gasteiger partial charge is 0.312 e. The fourth-order valence-electron chi connectivity index (χ4n) is 5.43. The van der Waals surface area contributed by atoms with Crippen LogP contribution in [0.5, 0.6) is 0 Å². The van der Waals surface area contributed by atoms with E-state index >= 15 is 0 Å². The number of hydrogen-bond donors (Lipinski definition) is 1. The summed E-state index contributed by atoms with van der Waals surface area (Å²) in [6, 6.07) is 2.42. The Morgan fingerprint density at radius 2 is 1.75 bits per heavy atom. The summed E-state index contributed by atoms with van der Waals surface area (Å²) in [6.45, 7) is 9.70. The summed E-state index contributed by atoms with van der Waals surface area (Å²) in [5.74, 6) is 1.02. The van der Waals surface area contributed by atoms with E-state index in [0.717, 1.165) is 24.5 Å². The van der Waals surface area contributed by atoms with E-state index in [0.29, 0.717) is 11.5 Å². The highest BCUT2D eigenvalue weighted by atomic mass is 15.2. The van der Waals surface area contributed by atoms with Gasteiger partial charge in [-0.25, -0.2) is 0 Å². The Morgan fingerprint density at radius 3 is 2.45 bits per heavy atom. The van der Waals surface area contributed by atoms with Gasteiger partial charge in [0.05, 0.1) is 0 Å². The topological polar surface area (TPSA) is 15.3 Å². The molecule has 1 saturated heterocycles. The van der Waals surface area contributed by atoms with Crippen LogP contribution in [-0.2, 0) is 0 Å². The van der Waals surface area contributed by atoms with E-state index in [1.165, 1.54) is 57.9 Å². The first-order chi connectivity index (χ1) is 9.63. The molecule has 1 N–H and O–H groups in total. The molecule has 0 bridgehead atoms. The van der Waals surface area contributed by atoms with Gasteiger partial charge in [-0.1, -0.05) is 33.6 Å². The maximum atomic E-state index is 3.83. The third kappa shape index (κ3) is 2.66. The van der Waals surface area contributed by atoms with Crippen LogP contribution in [0, 0.1) is 11.3 Å². The van der Waals surface area contributed by atoms with Crippen molar-refractivity contribution in [3.05, 3.63) is 0 Å². The highest BCUT2D eigenvalue weighted by Crippen LogP contribution is 2.44. The lowest BCUT2D eigenvalue weighted by Gasteiger charge is -2.40. The molecule has 1 heterocycles. The summed E-state index contributed by atoms with van der Waals surface area (Å²) in [7, 11) is 0. The molecule has 3 fully saturated rings. The SMILES string of the molecule is CCNC1C(N2CCCC2C2CCCC2)CCC1(C)C. The molecule has 116 valence electrons. The second kappa shape index (κ2) is 5.96. The Bertz CT molecular complexity index is 319. The lowest BCUT2D eigenvalue weighted by atomic mass is 9.85. The van der Waals surface area contributed by atoms with E-state index in [1.54, 1.807) is 0 Å². The highest BCUT2D eigenvalue weighted by molar-refractivity contribution is 5.04. The number of nitrogens with zero attached hydrogens (tertiary/aromatic N) is 1. The molecule has 0 spiro atoms. The molecule has 0 aromatic carbocycles. The first-order valence-corrected chi connectivity index (χ1v) is 9.12. The van der Waals surface area contributed by atoms with Crippen LogP contribution in [0.15, 0.2) is 0 Å². The summed E-state index contributed by atoms with van der Waals surface area (Å²) in [5, 5.41) is 3.83. The lowest BCUT2D eigenvalue weighted by molar-refractivity contribution is 0.103. The second-order valence-corrected chi connectivity index (χ2v) is 8.12. The molecule has 1 aliphatic heterocycles. The molecule has 2 heteroatoms. The van der Waals surface area contributed by atoms with Gasteiger partial charge in [0.2, 0.25) is 0 Å². The minimum absolute atomic E-state index is 0.476. The van der Waals surface area contributed by atoms with Gasteiger partial charge in [0.25, 0.3) is 0 Å². The first kappa shape index (κ1) is 14.8. The van der Waals surface area contributed by atoms with Gasteiger partial charge in [-0.15, -0.1) is 0 Å². The van der Waals surface area contributed by atoms with Crippen LogP contribution < -0.4 is 5.32 Å². The second-order valence-electron chi connectivity index (χ2n) is 8.12. The zero-order valence-corrected chi connectivity index (χ0v) is 13.8. The third-order valence-corrected chi connectivity index (χ3v) is 6.45. The Kier molecular flexibility index (Phi) is 4.42. The molecule has 2 aliphatic carbocycles. The molecular formula is C18H34N2. The molecule has 2 nitrogen and oxygen atoms in total. The van der Waals surface area contributed by atoms with E-state index in [9.17, 15) is 0 Å². The van der Waals surface area contributed by atoms with Crippen molar-refractivity contribution in [3.8, 4) is 0 Å². The molecule has 3 rings (SSSR count). The normalized spacial score (nSPS) is 38.9. The van der Waals surface area contributed by atoms with E-state index in [4.69, 9.17) is 0 Å². The van der Waals surface area contributed by atoms with Gasteiger partial charge < -0.3 is 5.32 Å². The zero-order chi connectivity index (χ0) is 14.2. The van der Waals surface area contributed by atoms with Crippen LogP contribution in [-0.4, -0.2) is 36.1 Å².